The van der Waals surface area contributed by atoms with E-state index in [9.17, 15) is 4.79 Å². The Hall–Kier alpha value is -2.89. The molecule has 1 aromatic carbocycles. The molecule has 1 fully saturated rings. The largest absolute Gasteiger partial charge is 0.378 e. The number of benzene rings is 1. The van der Waals surface area contributed by atoms with Crippen LogP contribution in [0, 0.1) is 5.92 Å². The van der Waals surface area contributed by atoms with Gasteiger partial charge in [-0.05, 0) is 42.9 Å². The first-order chi connectivity index (χ1) is 14.2. The molecule has 0 aliphatic carbocycles. The van der Waals surface area contributed by atoms with Crippen molar-refractivity contribution in [3.8, 4) is 0 Å². The maximum absolute atomic E-state index is 12.7. The second kappa shape index (κ2) is 9.07. The highest BCUT2D eigenvalue weighted by Crippen LogP contribution is 2.28. The zero-order chi connectivity index (χ0) is 20.1. The smallest absolute Gasteiger partial charge is 0.152 e. The molecule has 6 nitrogen and oxygen atoms in total. The summed E-state index contributed by atoms with van der Waals surface area (Å²) in [4.78, 5) is 26.9. The fourth-order valence-electron chi connectivity index (χ4n) is 4.30. The van der Waals surface area contributed by atoms with Gasteiger partial charge in [0.1, 0.15) is 17.8 Å². The molecule has 0 saturated carbocycles. The number of H-pyrrole nitrogens is 1. The number of aryl methyl sites for hydroxylation is 1. The van der Waals surface area contributed by atoms with Gasteiger partial charge in [-0.15, -0.1) is 0 Å². The van der Waals surface area contributed by atoms with Gasteiger partial charge in [-0.3, -0.25) is 4.79 Å². The molecule has 6 heteroatoms. The molecule has 0 unspecified atom stereocenters. The third-order valence-corrected chi connectivity index (χ3v) is 5.68. The number of nitrogens with zero attached hydrogens (tertiary/aromatic N) is 3. The molecule has 0 amide bonds. The zero-order valence-corrected chi connectivity index (χ0v) is 17.0. The van der Waals surface area contributed by atoms with Gasteiger partial charge in [-0.1, -0.05) is 31.5 Å². The average Bonchev–Trinajstić information content (AvgIpc) is 3.22. The van der Waals surface area contributed by atoms with Crippen LogP contribution in [-0.4, -0.2) is 40.4 Å². The number of ketones is 1. The fourth-order valence-corrected chi connectivity index (χ4v) is 4.30. The number of para-hydroxylation sites is 1. The van der Waals surface area contributed by atoms with Crippen LogP contribution >= 0.6 is 0 Å². The predicted octanol–water partition coefficient (Wildman–Crippen LogP) is 4.20. The van der Waals surface area contributed by atoms with E-state index in [0.29, 0.717) is 18.9 Å². The second-order valence-corrected chi connectivity index (χ2v) is 7.89. The van der Waals surface area contributed by atoms with Crippen LogP contribution in [0.15, 0.2) is 42.9 Å². The van der Waals surface area contributed by atoms with Gasteiger partial charge in [0.05, 0.1) is 11.9 Å². The van der Waals surface area contributed by atoms with Crippen molar-refractivity contribution in [2.45, 2.75) is 39.0 Å². The van der Waals surface area contributed by atoms with Crippen LogP contribution in [0.25, 0.3) is 11.0 Å². The van der Waals surface area contributed by atoms with Crippen LogP contribution in [0.5, 0.6) is 0 Å². The number of aromatic nitrogens is 3. The lowest BCUT2D eigenvalue weighted by Gasteiger charge is -2.33. The Bertz CT molecular complexity index is 967. The van der Waals surface area contributed by atoms with E-state index in [-0.39, 0.29) is 5.78 Å². The summed E-state index contributed by atoms with van der Waals surface area (Å²) in [6.07, 6.45) is 8.43. The van der Waals surface area contributed by atoms with E-state index in [4.69, 9.17) is 0 Å². The van der Waals surface area contributed by atoms with Crippen LogP contribution < -0.4 is 10.2 Å². The number of fused-ring (bicyclic) bond motifs is 1. The molecule has 1 saturated heterocycles. The molecule has 2 N–H and O–H groups in total. The van der Waals surface area contributed by atoms with Crippen LogP contribution in [0.4, 0.5) is 11.5 Å². The molecule has 0 radical (unpaired) electrons. The number of carbonyl (C=O) groups excluding carboxylic acids is 1. The third kappa shape index (κ3) is 4.58. The van der Waals surface area contributed by atoms with Gasteiger partial charge in [0.25, 0.3) is 0 Å². The standard InChI is InChI=1S/C23H29N5O/c1-2-6-18-8-3-4-9-21(18)25-14-19(29)13-17-7-5-12-28(15-17)23-20-10-11-24-22(20)26-16-27-23/h3-4,8-11,16-17,25H,2,5-7,12-15H2,1H3,(H,24,26,27)/t17-/m0/s1. The molecule has 3 heterocycles. The second-order valence-electron chi connectivity index (χ2n) is 7.89. The normalized spacial score (nSPS) is 16.9. The van der Waals surface area contributed by atoms with Crippen molar-refractivity contribution < 1.29 is 4.79 Å². The summed E-state index contributed by atoms with van der Waals surface area (Å²) in [5.41, 5.74) is 3.23. The minimum atomic E-state index is 0.276. The van der Waals surface area contributed by atoms with Crippen molar-refractivity contribution in [1.82, 2.24) is 15.0 Å². The van der Waals surface area contributed by atoms with Crippen molar-refractivity contribution in [1.29, 1.82) is 0 Å². The zero-order valence-electron chi connectivity index (χ0n) is 17.0. The minimum Gasteiger partial charge on any atom is -0.378 e. The molecule has 152 valence electrons. The van der Waals surface area contributed by atoms with E-state index in [2.05, 4.69) is 50.3 Å². The number of hydrogen-bond donors (Lipinski definition) is 2. The molecule has 29 heavy (non-hydrogen) atoms. The van der Waals surface area contributed by atoms with Crippen molar-refractivity contribution >= 4 is 28.3 Å². The number of Topliss-reactive ketones (excluding diaryl/α,β-unsaturated/α-hetero) is 1. The Morgan fingerprint density at radius 1 is 1.28 bits per heavy atom. The first-order valence-electron chi connectivity index (χ1n) is 10.6. The van der Waals surface area contributed by atoms with Gasteiger partial charge in [0.15, 0.2) is 5.78 Å². The van der Waals surface area contributed by atoms with Gasteiger partial charge < -0.3 is 15.2 Å². The lowest BCUT2D eigenvalue weighted by Crippen LogP contribution is -2.37. The quantitative estimate of drug-likeness (QED) is 0.602. The topological polar surface area (TPSA) is 73.9 Å². The van der Waals surface area contributed by atoms with E-state index in [1.807, 2.05) is 18.3 Å². The lowest BCUT2D eigenvalue weighted by molar-refractivity contribution is -0.118. The number of carbonyl (C=O) groups is 1. The molecule has 2 aromatic heterocycles. The van der Waals surface area contributed by atoms with Gasteiger partial charge in [0.2, 0.25) is 0 Å². The maximum Gasteiger partial charge on any atom is 0.152 e. The van der Waals surface area contributed by atoms with Gasteiger partial charge in [-0.2, -0.15) is 0 Å². The number of anilines is 2. The fraction of sp³-hybridized carbons (Fsp3) is 0.435. The minimum absolute atomic E-state index is 0.276. The Balaban J connectivity index is 1.35. The summed E-state index contributed by atoms with van der Waals surface area (Å²) in [5.74, 6) is 1.62. The molecule has 3 aromatic rings. The summed E-state index contributed by atoms with van der Waals surface area (Å²) in [5, 5.41) is 4.41. The Kier molecular flexibility index (Phi) is 6.08. The number of piperidine rings is 1. The molecular weight excluding hydrogens is 362 g/mol. The van der Waals surface area contributed by atoms with Crippen molar-refractivity contribution in [3.05, 3.63) is 48.4 Å². The van der Waals surface area contributed by atoms with Crippen LogP contribution in [0.1, 0.15) is 38.2 Å². The number of rotatable bonds is 8. The highest BCUT2D eigenvalue weighted by molar-refractivity contribution is 5.87. The van der Waals surface area contributed by atoms with Gasteiger partial charge >= 0.3 is 0 Å². The van der Waals surface area contributed by atoms with Gasteiger partial charge in [-0.25, -0.2) is 9.97 Å². The molecular formula is C23H29N5O. The van der Waals surface area contributed by atoms with Gasteiger partial charge in [0, 0.05) is 31.4 Å². The summed E-state index contributed by atoms with van der Waals surface area (Å²) >= 11 is 0. The van der Waals surface area contributed by atoms with Crippen molar-refractivity contribution in [3.63, 3.8) is 0 Å². The van der Waals surface area contributed by atoms with Crippen LogP contribution in [-0.2, 0) is 11.2 Å². The number of hydrogen-bond acceptors (Lipinski definition) is 5. The van der Waals surface area contributed by atoms with E-state index in [1.54, 1.807) is 6.33 Å². The third-order valence-electron chi connectivity index (χ3n) is 5.68. The molecule has 1 atom stereocenters. The SMILES string of the molecule is CCCc1ccccc1NCC(=O)C[C@@H]1CCCN(c2ncnc3[nH]ccc23)C1. The highest BCUT2D eigenvalue weighted by atomic mass is 16.1. The lowest BCUT2D eigenvalue weighted by atomic mass is 9.92. The summed E-state index contributed by atoms with van der Waals surface area (Å²) in [6, 6.07) is 10.3. The summed E-state index contributed by atoms with van der Waals surface area (Å²) < 4.78 is 0. The number of nitrogens with one attached hydrogen (secondary N) is 2. The van der Waals surface area contributed by atoms with E-state index in [1.165, 1.54) is 5.56 Å². The van der Waals surface area contributed by atoms with E-state index >= 15 is 0 Å². The van der Waals surface area contributed by atoms with Crippen molar-refractivity contribution in [2.75, 3.05) is 29.9 Å². The van der Waals surface area contributed by atoms with Crippen LogP contribution in [0.2, 0.25) is 0 Å². The monoisotopic (exact) mass is 391 g/mol. The molecule has 1 aliphatic rings. The highest BCUT2D eigenvalue weighted by Gasteiger charge is 2.24. The summed E-state index contributed by atoms with van der Waals surface area (Å²) in [7, 11) is 0. The first-order valence-corrected chi connectivity index (χ1v) is 10.6. The molecule has 0 bridgehead atoms. The molecule has 0 spiro atoms. The van der Waals surface area contributed by atoms with Crippen LogP contribution in [0.3, 0.4) is 0 Å². The number of aromatic amines is 1. The van der Waals surface area contributed by atoms with E-state index in [0.717, 1.165) is 61.3 Å². The summed E-state index contributed by atoms with van der Waals surface area (Å²) in [6.45, 7) is 4.42. The predicted molar refractivity (Wildman–Crippen MR) is 117 cm³/mol. The van der Waals surface area contributed by atoms with Crippen molar-refractivity contribution in [2.24, 2.45) is 5.92 Å². The Morgan fingerprint density at radius 3 is 3.07 bits per heavy atom. The maximum atomic E-state index is 12.7. The first kappa shape index (κ1) is 19.4. The van der Waals surface area contributed by atoms with E-state index < -0.39 is 0 Å². The Labute approximate surface area is 171 Å². The Morgan fingerprint density at radius 2 is 2.17 bits per heavy atom. The molecule has 1 aliphatic heterocycles. The average molecular weight is 392 g/mol. The molecule has 4 rings (SSSR count).